The zero-order valence-electron chi connectivity index (χ0n) is 13.5. The third-order valence-electron chi connectivity index (χ3n) is 4.67. The minimum Gasteiger partial charge on any atom is -0.378 e. The van der Waals surface area contributed by atoms with E-state index in [-0.39, 0.29) is 12.4 Å². The van der Waals surface area contributed by atoms with Gasteiger partial charge in [0.1, 0.15) is 0 Å². The van der Waals surface area contributed by atoms with Crippen LogP contribution in [-0.4, -0.2) is 67.4 Å². The Labute approximate surface area is 143 Å². The lowest BCUT2D eigenvalue weighted by Gasteiger charge is -2.28. The summed E-state index contributed by atoms with van der Waals surface area (Å²) in [5, 5.41) is 0. The molecule has 3 aliphatic rings. The zero-order valence-corrected chi connectivity index (χ0v) is 14.3. The molecule has 0 aliphatic carbocycles. The van der Waals surface area contributed by atoms with Crippen molar-refractivity contribution < 1.29 is 4.74 Å². The topological polar surface area (TPSA) is 57.6 Å². The third kappa shape index (κ3) is 3.61. The molecule has 3 saturated heterocycles. The van der Waals surface area contributed by atoms with E-state index in [1.807, 2.05) is 0 Å². The predicted octanol–water partition coefficient (Wildman–Crippen LogP) is 1.33. The molecule has 4 heterocycles. The molecule has 8 heteroatoms. The van der Waals surface area contributed by atoms with Crippen LogP contribution in [0.25, 0.3) is 0 Å². The van der Waals surface area contributed by atoms with Gasteiger partial charge in [-0.3, -0.25) is 0 Å². The van der Waals surface area contributed by atoms with E-state index >= 15 is 0 Å². The van der Waals surface area contributed by atoms with Crippen LogP contribution in [0.1, 0.15) is 25.7 Å². The van der Waals surface area contributed by atoms with Gasteiger partial charge in [0.05, 0.1) is 13.2 Å². The molecule has 0 amide bonds. The molecule has 0 aromatic carbocycles. The zero-order chi connectivity index (χ0) is 14.8. The number of hydrogen-bond acceptors (Lipinski definition) is 7. The maximum atomic E-state index is 5.45. The number of hydrogen-bond donors (Lipinski definition) is 0. The number of morpholine rings is 1. The van der Waals surface area contributed by atoms with Gasteiger partial charge < -0.3 is 19.4 Å². The highest BCUT2D eigenvalue weighted by Crippen LogP contribution is 2.24. The predicted molar refractivity (Wildman–Crippen MR) is 93.0 cm³/mol. The lowest BCUT2D eigenvalue weighted by molar-refractivity contribution is 0.122. The van der Waals surface area contributed by atoms with Crippen molar-refractivity contribution in [3.05, 3.63) is 0 Å². The lowest BCUT2D eigenvalue weighted by atomic mass is 10.4. The van der Waals surface area contributed by atoms with Crippen LogP contribution in [0.5, 0.6) is 0 Å². The molecule has 0 spiro atoms. The van der Waals surface area contributed by atoms with Crippen molar-refractivity contribution in [2.24, 2.45) is 0 Å². The molecule has 1 aromatic rings. The fourth-order valence-corrected chi connectivity index (χ4v) is 3.37. The largest absolute Gasteiger partial charge is 0.378 e. The van der Waals surface area contributed by atoms with Crippen LogP contribution < -0.4 is 14.7 Å². The normalized spacial score (nSPS) is 21.7. The van der Waals surface area contributed by atoms with Gasteiger partial charge in [-0.25, -0.2) is 0 Å². The van der Waals surface area contributed by atoms with Crippen LogP contribution in [0, 0.1) is 0 Å². The van der Waals surface area contributed by atoms with Gasteiger partial charge >= 0.3 is 0 Å². The second-order valence-electron chi connectivity index (χ2n) is 6.22. The SMILES string of the molecule is C1CCN(c2nc(N3CCCC3)nc(N3CCOCC3)n2)C1.Cl. The van der Waals surface area contributed by atoms with Gasteiger partial charge in [0.15, 0.2) is 0 Å². The smallest absolute Gasteiger partial charge is 0.232 e. The Balaban J connectivity index is 0.00000156. The lowest BCUT2D eigenvalue weighted by Crippen LogP contribution is -2.38. The molecular formula is C15H25ClN6O. The summed E-state index contributed by atoms with van der Waals surface area (Å²) < 4.78 is 5.45. The number of ether oxygens (including phenoxy) is 1. The summed E-state index contributed by atoms with van der Waals surface area (Å²) in [6, 6.07) is 0. The molecule has 0 atom stereocenters. The minimum absolute atomic E-state index is 0. The van der Waals surface area contributed by atoms with E-state index in [9.17, 15) is 0 Å². The van der Waals surface area contributed by atoms with Crippen molar-refractivity contribution in [2.45, 2.75) is 25.7 Å². The Hall–Kier alpha value is -1.34. The Morgan fingerprint density at radius 1 is 0.565 bits per heavy atom. The van der Waals surface area contributed by atoms with Crippen LogP contribution >= 0.6 is 12.4 Å². The first-order chi connectivity index (χ1) is 10.9. The Morgan fingerprint density at radius 3 is 1.30 bits per heavy atom. The molecule has 128 valence electrons. The summed E-state index contributed by atoms with van der Waals surface area (Å²) in [4.78, 5) is 21.1. The number of halogens is 1. The molecule has 0 saturated carbocycles. The molecule has 7 nitrogen and oxygen atoms in total. The number of nitrogens with zero attached hydrogens (tertiary/aromatic N) is 6. The van der Waals surface area contributed by atoms with Gasteiger partial charge in [-0.1, -0.05) is 0 Å². The van der Waals surface area contributed by atoms with Gasteiger partial charge in [0.25, 0.3) is 0 Å². The maximum absolute atomic E-state index is 5.45. The van der Waals surface area contributed by atoms with Crippen LogP contribution in [0.2, 0.25) is 0 Å². The second kappa shape index (κ2) is 7.49. The Kier molecular flexibility index (Phi) is 5.38. The highest BCUT2D eigenvalue weighted by Gasteiger charge is 2.24. The molecule has 0 bridgehead atoms. The van der Waals surface area contributed by atoms with Crippen LogP contribution in [-0.2, 0) is 4.74 Å². The summed E-state index contributed by atoms with van der Waals surface area (Å²) in [6.07, 6.45) is 4.93. The first-order valence-electron chi connectivity index (χ1n) is 8.49. The summed E-state index contributed by atoms with van der Waals surface area (Å²) in [5.41, 5.74) is 0. The van der Waals surface area contributed by atoms with Gasteiger partial charge in [-0.2, -0.15) is 15.0 Å². The summed E-state index contributed by atoms with van der Waals surface area (Å²) in [7, 11) is 0. The van der Waals surface area contributed by atoms with Crippen LogP contribution in [0.3, 0.4) is 0 Å². The quantitative estimate of drug-likeness (QED) is 0.822. The van der Waals surface area contributed by atoms with E-state index in [0.717, 1.165) is 70.3 Å². The highest BCUT2D eigenvalue weighted by atomic mass is 35.5. The third-order valence-corrected chi connectivity index (χ3v) is 4.67. The number of rotatable bonds is 3. The molecular weight excluding hydrogens is 316 g/mol. The second-order valence-corrected chi connectivity index (χ2v) is 6.22. The van der Waals surface area contributed by atoms with Crippen molar-refractivity contribution in [1.82, 2.24) is 15.0 Å². The van der Waals surface area contributed by atoms with Gasteiger partial charge in [-0.15, -0.1) is 12.4 Å². The molecule has 1 aromatic heterocycles. The summed E-state index contributed by atoms with van der Waals surface area (Å²) in [5.74, 6) is 2.54. The standard InChI is InChI=1S/C15H24N6O.ClH/c1-2-6-19(5-1)13-16-14(20-7-3-4-8-20)18-15(17-13)21-9-11-22-12-10-21;/h1-12H2;1H. The highest BCUT2D eigenvalue weighted by molar-refractivity contribution is 5.85. The van der Waals surface area contributed by atoms with Crippen molar-refractivity contribution in [2.75, 3.05) is 67.2 Å². The molecule has 0 unspecified atom stereocenters. The molecule has 0 N–H and O–H groups in total. The summed E-state index contributed by atoms with van der Waals surface area (Å²) >= 11 is 0. The monoisotopic (exact) mass is 340 g/mol. The van der Waals surface area contributed by atoms with Crippen molar-refractivity contribution in [1.29, 1.82) is 0 Å². The van der Waals surface area contributed by atoms with Gasteiger partial charge in [-0.05, 0) is 25.7 Å². The number of anilines is 3. The van der Waals surface area contributed by atoms with Crippen molar-refractivity contribution in [3.8, 4) is 0 Å². The molecule has 0 radical (unpaired) electrons. The molecule has 23 heavy (non-hydrogen) atoms. The van der Waals surface area contributed by atoms with E-state index in [2.05, 4.69) is 14.7 Å². The van der Waals surface area contributed by atoms with Gasteiger partial charge in [0, 0.05) is 39.3 Å². The molecule has 3 fully saturated rings. The number of aromatic nitrogens is 3. The van der Waals surface area contributed by atoms with Crippen LogP contribution in [0.4, 0.5) is 17.8 Å². The fourth-order valence-electron chi connectivity index (χ4n) is 3.37. The van der Waals surface area contributed by atoms with Crippen LogP contribution in [0.15, 0.2) is 0 Å². The first kappa shape index (κ1) is 16.5. The molecule has 3 aliphatic heterocycles. The van der Waals surface area contributed by atoms with Crippen molar-refractivity contribution in [3.63, 3.8) is 0 Å². The average Bonchev–Trinajstić information content (AvgIpc) is 3.29. The van der Waals surface area contributed by atoms with E-state index < -0.39 is 0 Å². The fraction of sp³-hybridized carbons (Fsp3) is 0.800. The Morgan fingerprint density at radius 2 is 0.913 bits per heavy atom. The average molecular weight is 341 g/mol. The van der Waals surface area contributed by atoms with Crippen molar-refractivity contribution >= 4 is 30.3 Å². The van der Waals surface area contributed by atoms with E-state index in [1.165, 1.54) is 25.7 Å². The van der Waals surface area contributed by atoms with E-state index in [4.69, 9.17) is 19.7 Å². The Bertz CT molecular complexity index is 478. The summed E-state index contributed by atoms with van der Waals surface area (Å²) in [6.45, 7) is 7.48. The van der Waals surface area contributed by atoms with E-state index in [1.54, 1.807) is 0 Å². The maximum Gasteiger partial charge on any atom is 0.232 e. The first-order valence-corrected chi connectivity index (χ1v) is 8.49. The van der Waals surface area contributed by atoms with Gasteiger partial charge in [0.2, 0.25) is 17.8 Å². The molecule has 4 rings (SSSR count). The minimum atomic E-state index is 0. The van der Waals surface area contributed by atoms with E-state index in [0.29, 0.717) is 0 Å².